The molecule has 4 rings (SSSR count). The molecule has 46 heavy (non-hydrogen) atoms. The molecule has 0 aliphatic carbocycles. The smallest absolute Gasteiger partial charge is 0.264 e. The van der Waals surface area contributed by atoms with Gasteiger partial charge in [-0.25, -0.2) is 23.1 Å². The van der Waals surface area contributed by atoms with Crippen molar-refractivity contribution in [3.05, 3.63) is 70.7 Å². The molecule has 0 saturated carbocycles. The average Bonchev–Trinajstić information content (AvgIpc) is 3.68. The third kappa shape index (κ3) is 9.66. The number of hydroxylamine groups is 2. The number of alkyl halides is 2. The number of nitrogens with zero attached hydrogens (tertiary/aromatic N) is 6. The molecule has 3 aromatic rings. The van der Waals surface area contributed by atoms with Gasteiger partial charge in [0.05, 0.1) is 41.4 Å². The van der Waals surface area contributed by atoms with E-state index < -0.39 is 35.0 Å². The first-order valence-electron chi connectivity index (χ1n) is 14.9. The van der Waals surface area contributed by atoms with Crippen LogP contribution in [0.3, 0.4) is 0 Å². The van der Waals surface area contributed by atoms with Crippen molar-refractivity contribution in [3.8, 4) is 0 Å². The molecule has 0 spiro atoms. The fourth-order valence-corrected chi connectivity index (χ4v) is 4.52. The Hall–Kier alpha value is -4.17. The van der Waals surface area contributed by atoms with Crippen LogP contribution in [-0.4, -0.2) is 62.3 Å². The fraction of sp³-hybridized carbons (Fsp3) is 0.452. The normalized spacial score (nSPS) is 15.8. The van der Waals surface area contributed by atoms with Crippen LogP contribution in [0.1, 0.15) is 76.6 Å². The third-order valence-corrected chi connectivity index (χ3v) is 7.51. The number of carbonyl (C=O) groups is 2. The lowest BCUT2D eigenvalue weighted by Crippen LogP contribution is -2.28. The Kier molecular flexibility index (Phi) is 15.0. The van der Waals surface area contributed by atoms with Crippen LogP contribution < -0.4 is 16.0 Å². The van der Waals surface area contributed by atoms with E-state index in [4.69, 9.17) is 17.3 Å². The largest absolute Gasteiger partial charge is 0.397 e. The molecular weight excluding hydrogens is 625 g/mol. The number of benzene rings is 1. The fourth-order valence-electron chi connectivity index (χ4n) is 4.37. The minimum absolute atomic E-state index is 0.0318. The summed E-state index contributed by atoms with van der Waals surface area (Å²) >= 11 is 5.58. The lowest BCUT2D eigenvalue weighted by Gasteiger charge is -2.18. The van der Waals surface area contributed by atoms with Gasteiger partial charge in [-0.3, -0.25) is 24.6 Å². The lowest BCUT2D eigenvalue weighted by atomic mass is 10.0. The predicted octanol–water partition coefficient (Wildman–Crippen LogP) is 6.31. The first-order valence-corrected chi connectivity index (χ1v) is 15.3. The van der Waals surface area contributed by atoms with Crippen molar-refractivity contribution in [3.63, 3.8) is 0 Å². The molecule has 252 valence electrons. The highest BCUT2D eigenvalue weighted by atomic mass is 35.5. The monoisotopic (exact) mass is 666 g/mol. The van der Waals surface area contributed by atoms with Crippen LogP contribution in [-0.2, 0) is 9.59 Å². The van der Waals surface area contributed by atoms with Crippen LogP contribution in [0, 0.1) is 17.7 Å². The van der Waals surface area contributed by atoms with Crippen molar-refractivity contribution >= 4 is 41.1 Å². The second kappa shape index (κ2) is 18.1. The van der Waals surface area contributed by atoms with Crippen molar-refractivity contribution in [1.82, 2.24) is 24.8 Å². The molecule has 1 fully saturated rings. The predicted molar refractivity (Wildman–Crippen MR) is 172 cm³/mol. The molecule has 1 aliphatic rings. The number of hydrogen-bond donors (Lipinski definition) is 3. The maximum absolute atomic E-state index is 14.0. The van der Waals surface area contributed by atoms with Gasteiger partial charge < -0.3 is 15.8 Å². The molecule has 4 N–H and O–H groups in total. The summed E-state index contributed by atoms with van der Waals surface area (Å²) in [6.07, 6.45) is 7.15. The number of aldehydes is 1. The van der Waals surface area contributed by atoms with Crippen LogP contribution in [0.15, 0.2) is 43.1 Å². The molecular formula is C31H42ClF3N8O3. The van der Waals surface area contributed by atoms with Gasteiger partial charge in [0, 0.05) is 60.7 Å². The second-order valence-corrected chi connectivity index (χ2v) is 10.7. The number of hydrogen-bond acceptors (Lipinski definition) is 9. The number of carbonyl (C=O) groups excluding carboxylic acids is 2. The van der Waals surface area contributed by atoms with Crippen molar-refractivity contribution in [2.75, 3.05) is 30.4 Å². The molecule has 1 aliphatic heterocycles. The average molecular weight is 667 g/mol. The lowest BCUT2D eigenvalue weighted by molar-refractivity contribution is -0.120. The standard InChI is InChI=1S/C15H20N6O.C14H16ClF3N2O2.C2H6/c1-10-4-5-20(14(10)22)15-17-6-12(7-18-15)11(2)21-9-13(16-3)8-19-21;1-2-8(7-21)5-20(22)6-11(19)12-9(14(17)18)3-4-10(15)13(12)16;1-2/h6-11,16H,4-5H2,1-3H3;3-4,6-8,14,22H,2,5,19H2,1H3;1-2H3/b;11-6-;/t10-,11+;;/m1../s1. The van der Waals surface area contributed by atoms with Crippen molar-refractivity contribution in [2.45, 2.75) is 59.9 Å². The first-order chi connectivity index (χ1) is 21.9. The Morgan fingerprint density at radius 3 is 2.41 bits per heavy atom. The summed E-state index contributed by atoms with van der Waals surface area (Å²) < 4.78 is 41.7. The minimum Gasteiger partial charge on any atom is -0.397 e. The third-order valence-electron chi connectivity index (χ3n) is 7.22. The summed E-state index contributed by atoms with van der Waals surface area (Å²) in [6.45, 7) is 10.3. The van der Waals surface area contributed by atoms with E-state index >= 15 is 0 Å². The number of aromatic nitrogens is 4. The number of anilines is 2. The highest BCUT2D eigenvalue weighted by Gasteiger charge is 2.30. The van der Waals surface area contributed by atoms with Crippen molar-refractivity contribution < 1.29 is 28.0 Å². The number of rotatable bonds is 11. The zero-order valence-corrected chi connectivity index (χ0v) is 27.5. The van der Waals surface area contributed by atoms with Gasteiger partial charge in [0.15, 0.2) is 5.82 Å². The van der Waals surface area contributed by atoms with E-state index in [0.717, 1.165) is 36.0 Å². The van der Waals surface area contributed by atoms with Gasteiger partial charge in [-0.15, -0.1) is 0 Å². The topological polar surface area (TPSA) is 142 Å². The zero-order chi connectivity index (χ0) is 34.6. The Bertz CT molecular complexity index is 1460. The molecule has 1 saturated heterocycles. The molecule has 3 atom stereocenters. The zero-order valence-electron chi connectivity index (χ0n) is 26.8. The molecule has 0 radical (unpaired) electrons. The highest BCUT2D eigenvalue weighted by Crippen LogP contribution is 2.32. The van der Waals surface area contributed by atoms with Gasteiger partial charge in [-0.1, -0.05) is 45.4 Å². The van der Waals surface area contributed by atoms with E-state index in [1.54, 1.807) is 30.4 Å². The van der Waals surface area contributed by atoms with Gasteiger partial charge in [0.2, 0.25) is 11.9 Å². The van der Waals surface area contributed by atoms with Gasteiger partial charge in [-0.2, -0.15) is 5.10 Å². The molecule has 1 amide bonds. The molecule has 11 nitrogen and oxygen atoms in total. The molecule has 3 heterocycles. The quantitative estimate of drug-likeness (QED) is 0.158. The van der Waals surface area contributed by atoms with E-state index in [1.807, 2.05) is 45.6 Å². The first kappa shape index (κ1) is 38.0. The van der Waals surface area contributed by atoms with Gasteiger partial charge >= 0.3 is 0 Å². The van der Waals surface area contributed by atoms with Crippen molar-refractivity contribution in [2.24, 2.45) is 17.6 Å². The Morgan fingerprint density at radius 1 is 1.26 bits per heavy atom. The van der Waals surface area contributed by atoms with Crippen LogP contribution in [0.5, 0.6) is 0 Å². The summed E-state index contributed by atoms with van der Waals surface area (Å²) in [5.41, 5.74) is 5.89. The van der Waals surface area contributed by atoms with E-state index in [-0.39, 0.29) is 29.4 Å². The maximum Gasteiger partial charge on any atom is 0.264 e. The molecule has 0 bridgehead atoms. The summed E-state index contributed by atoms with van der Waals surface area (Å²) in [5.74, 6) is -0.906. The van der Waals surface area contributed by atoms with E-state index in [2.05, 4.69) is 20.4 Å². The van der Waals surface area contributed by atoms with Crippen LogP contribution in [0.25, 0.3) is 5.70 Å². The summed E-state index contributed by atoms with van der Waals surface area (Å²) in [7, 11) is 1.86. The van der Waals surface area contributed by atoms with Crippen LogP contribution >= 0.6 is 11.6 Å². The Morgan fingerprint density at radius 2 is 1.91 bits per heavy atom. The van der Waals surface area contributed by atoms with Gasteiger partial charge in [0.25, 0.3) is 6.43 Å². The molecule has 15 heteroatoms. The molecule has 1 unspecified atom stereocenters. The van der Waals surface area contributed by atoms with Crippen LogP contribution in [0.4, 0.5) is 24.8 Å². The number of halogens is 4. The van der Waals surface area contributed by atoms with E-state index in [9.17, 15) is 28.0 Å². The SMILES string of the molecule is CC.CCC(C=O)CN(O)/C=C(\N)c1c(C(F)F)ccc(Cl)c1F.CNc1cnn([C@@H](C)c2cnc(N3CC[C@@H](C)C3=O)nc2)c1. The Labute approximate surface area is 272 Å². The summed E-state index contributed by atoms with van der Waals surface area (Å²) in [6, 6.07) is 2.00. The Balaban J connectivity index is 0.000000304. The van der Waals surface area contributed by atoms with Gasteiger partial charge in [-0.05, 0) is 25.8 Å². The van der Waals surface area contributed by atoms with Gasteiger partial charge in [0.1, 0.15) is 6.29 Å². The minimum atomic E-state index is -2.96. The van der Waals surface area contributed by atoms with E-state index in [1.165, 1.54) is 0 Å². The number of amides is 1. The second-order valence-electron chi connectivity index (χ2n) is 10.3. The highest BCUT2D eigenvalue weighted by molar-refractivity contribution is 6.31. The molecule has 2 aromatic heterocycles. The number of nitrogens with one attached hydrogen (secondary N) is 1. The van der Waals surface area contributed by atoms with Crippen molar-refractivity contribution in [1.29, 1.82) is 0 Å². The number of nitrogens with two attached hydrogens (primary N) is 1. The van der Waals surface area contributed by atoms with E-state index in [0.29, 0.717) is 30.3 Å². The maximum atomic E-state index is 14.0. The summed E-state index contributed by atoms with van der Waals surface area (Å²) in [4.78, 5) is 33.1. The summed E-state index contributed by atoms with van der Waals surface area (Å²) in [5, 5.41) is 17.2. The molecule has 1 aromatic carbocycles. The van der Waals surface area contributed by atoms with Crippen LogP contribution in [0.2, 0.25) is 5.02 Å².